The van der Waals surface area contributed by atoms with Crippen LogP contribution in [0.25, 0.3) is 11.2 Å². The molecule has 1 saturated heterocycles. The zero-order valence-electron chi connectivity index (χ0n) is 18.5. The smallest absolute Gasteiger partial charge is 0.330 e. The van der Waals surface area contributed by atoms with Crippen LogP contribution in [-0.4, -0.2) is 92.2 Å². The summed E-state index contributed by atoms with van der Waals surface area (Å²) in [6.45, 7) is 5.72. The van der Waals surface area contributed by atoms with E-state index in [1.807, 2.05) is 18.9 Å². The Bertz CT molecular complexity index is 977. The lowest BCUT2D eigenvalue weighted by atomic mass is 10.1. The molecule has 0 saturated carbocycles. The number of aromatic amines is 1. The number of likely N-dealkylation sites (N-methyl/N-ethyl adjacent to an activating group) is 1. The van der Waals surface area contributed by atoms with Crippen molar-refractivity contribution in [1.29, 1.82) is 0 Å². The van der Waals surface area contributed by atoms with E-state index in [1.165, 1.54) is 6.33 Å². The number of anilines is 1. The Morgan fingerprint density at radius 1 is 1.38 bits per heavy atom. The lowest BCUT2D eigenvalue weighted by Gasteiger charge is -2.22. The number of unbranched alkanes of at least 4 members (excludes halogenated alkanes) is 1. The van der Waals surface area contributed by atoms with Crippen LogP contribution >= 0.6 is 0 Å². The second kappa shape index (κ2) is 10.7. The maximum absolute atomic E-state index is 12.4. The van der Waals surface area contributed by atoms with Gasteiger partial charge in [-0.3, -0.25) is 0 Å². The molecule has 3 heterocycles. The summed E-state index contributed by atoms with van der Waals surface area (Å²) in [5, 5.41) is 24.9. The van der Waals surface area contributed by atoms with Gasteiger partial charge in [0.15, 0.2) is 17.7 Å². The highest BCUT2D eigenvalue weighted by Gasteiger charge is 2.45. The molecule has 0 unspecified atom stereocenters. The molecule has 4 atom stereocenters. The van der Waals surface area contributed by atoms with Gasteiger partial charge in [0.1, 0.15) is 36.8 Å². The van der Waals surface area contributed by atoms with Crippen LogP contribution in [0.5, 0.6) is 0 Å². The lowest BCUT2D eigenvalue weighted by molar-refractivity contribution is -0.0438. The maximum atomic E-state index is 12.4. The predicted molar refractivity (Wildman–Crippen MR) is 116 cm³/mol. The molecule has 0 spiro atoms. The molecule has 5 N–H and O–H groups in total. The summed E-state index contributed by atoms with van der Waals surface area (Å²) >= 11 is 0. The molecule has 2 aromatic heterocycles. The Labute approximate surface area is 184 Å². The minimum Gasteiger partial charge on any atom is -0.479 e. The highest BCUT2D eigenvalue weighted by molar-refractivity contribution is 5.81. The summed E-state index contributed by atoms with van der Waals surface area (Å²) in [6.07, 6.45) is -1.41. The van der Waals surface area contributed by atoms with E-state index >= 15 is 0 Å². The summed E-state index contributed by atoms with van der Waals surface area (Å²) in [5.41, 5.74) is 5.68. The van der Waals surface area contributed by atoms with Crippen LogP contribution in [0.4, 0.5) is 5.82 Å². The zero-order valence-corrected chi connectivity index (χ0v) is 18.5. The highest BCUT2D eigenvalue weighted by atomic mass is 16.6. The molecule has 1 aliphatic heterocycles. The molecular formula is C19H31N7O6. The van der Waals surface area contributed by atoms with Gasteiger partial charge in [-0.2, -0.15) is 0 Å². The Hall–Kier alpha value is -2.74. The van der Waals surface area contributed by atoms with E-state index in [9.17, 15) is 15.0 Å². The fraction of sp³-hybridized carbons (Fsp3) is 0.684. The molecule has 0 radical (unpaired) electrons. The number of aromatic nitrogens is 4. The van der Waals surface area contributed by atoms with Crippen molar-refractivity contribution in [3.8, 4) is 0 Å². The summed E-state index contributed by atoms with van der Waals surface area (Å²) < 4.78 is 12.2. The first-order valence-electron chi connectivity index (χ1n) is 10.5. The molecule has 32 heavy (non-hydrogen) atoms. The van der Waals surface area contributed by atoms with Gasteiger partial charge in [-0.1, -0.05) is 5.16 Å². The first-order valence-corrected chi connectivity index (χ1v) is 10.5. The average molecular weight is 454 g/mol. The van der Waals surface area contributed by atoms with E-state index in [0.29, 0.717) is 25.7 Å². The van der Waals surface area contributed by atoms with Crippen LogP contribution in [0.3, 0.4) is 0 Å². The summed E-state index contributed by atoms with van der Waals surface area (Å²) in [6, 6.07) is 0. The molecule has 13 heteroatoms. The van der Waals surface area contributed by atoms with Gasteiger partial charge >= 0.3 is 5.69 Å². The Kier molecular flexibility index (Phi) is 8.01. The zero-order chi connectivity index (χ0) is 23.3. The molecule has 0 bridgehead atoms. The van der Waals surface area contributed by atoms with Crippen LogP contribution in [0, 0.1) is 0 Å². The second-order valence-electron chi connectivity index (χ2n) is 7.65. The molecule has 2 aromatic rings. The average Bonchev–Trinajstić information content (AvgIpc) is 3.22. The standard InChI is InChI=1S/C19H31N7O6/c1-4-30-11(2)24-31-8-6-5-7-25(3)9-12-14(27)15(28)18(32-12)26-17-13(23-19(26)29)16(20)21-10-22-17/h10,12,14-15,18,27-28H,4-9H2,1-3H3,(H,23,29)(H2,20,21,22)/b24-11+/t12-,14-,15-,18-/m1/s1. The van der Waals surface area contributed by atoms with Gasteiger partial charge in [0, 0.05) is 13.5 Å². The van der Waals surface area contributed by atoms with Gasteiger partial charge in [0.05, 0.1) is 6.61 Å². The third-order valence-corrected chi connectivity index (χ3v) is 5.19. The van der Waals surface area contributed by atoms with E-state index in [0.717, 1.165) is 24.0 Å². The van der Waals surface area contributed by atoms with Gasteiger partial charge in [-0.05, 0) is 33.4 Å². The van der Waals surface area contributed by atoms with Gasteiger partial charge in [0.2, 0.25) is 5.90 Å². The lowest BCUT2D eigenvalue weighted by Crippen LogP contribution is -2.39. The van der Waals surface area contributed by atoms with E-state index in [-0.39, 0.29) is 17.0 Å². The molecule has 13 nitrogen and oxygen atoms in total. The fourth-order valence-corrected chi connectivity index (χ4v) is 3.60. The van der Waals surface area contributed by atoms with E-state index in [4.69, 9.17) is 20.0 Å². The van der Waals surface area contributed by atoms with Gasteiger partial charge < -0.3 is 40.1 Å². The molecule has 3 rings (SSSR count). The fourth-order valence-electron chi connectivity index (χ4n) is 3.60. The van der Waals surface area contributed by atoms with Crippen molar-refractivity contribution in [2.75, 3.05) is 39.1 Å². The van der Waals surface area contributed by atoms with Gasteiger partial charge in [-0.15, -0.1) is 0 Å². The molecule has 0 amide bonds. The number of imidazole rings is 1. The first kappa shape index (κ1) is 23.9. The minimum atomic E-state index is -1.30. The predicted octanol–water partition coefficient (Wildman–Crippen LogP) is -0.580. The SMILES string of the molecule is CCO/C(C)=N/OCCCCN(C)C[C@H]1O[C@@H](n2c(=O)[nH]c3c(N)ncnc32)[C@H](O)[C@@H]1O. The molecule has 0 aromatic carbocycles. The van der Waals surface area contributed by atoms with Crippen molar-refractivity contribution in [2.45, 2.75) is 51.2 Å². The molecule has 1 aliphatic rings. The monoisotopic (exact) mass is 453 g/mol. The number of nitrogens with one attached hydrogen (secondary N) is 1. The normalized spacial score (nSPS) is 23.9. The minimum absolute atomic E-state index is 0.109. The largest absolute Gasteiger partial charge is 0.479 e. The number of ether oxygens (including phenoxy) is 2. The second-order valence-corrected chi connectivity index (χ2v) is 7.65. The molecule has 178 valence electrons. The van der Waals surface area contributed by atoms with E-state index in [2.05, 4.69) is 20.1 Å². The number of hydrogen-bond donors (Lipinski definition) is 4. The number of fused-ring (bicyclic) bond motifs is 1. The van der Waals surface area contributed by atoms with Crippen LogP contribution in [0.2, 0.25) is 0 Å². The third kappa shape index (κ3) is 5.35. The van der Waals surface area contributed by atoms with Crippen LogP contribution < -0.4 is 11.4 Å². The topological polar surface area (TPSA) is 173 Å². The number of aliphatic hydroxyl groups is 2. The first-order chi connectivity index (χ1) is 15.3. The molecular weight excluding hydrogens is 422 g/mol. The molecule has 0 aliphatic carbocycles. The van der Waals surface area contributed by atoms with Gasteiger partial charge in [-0.25, -0.2) is 19.3 Å². The number of nitrogen functional groups attached to an aromatic ring is 1. The van der Waals surface area contributed by atoms with Crippen LogP contribution in [0.1, 0.15) is 32.9 Å². The molecule has 1 fully saturated rings. The van der Waals surface area contributed by atoms with Crippen molar-refractivity contribution >= 4 is 22.9 Å². The number of nitrogens with zero attached hydrogens (tertiary/aromatic N) is 5. The van der Waals surface area contributed by atoms with Crippen LogP contribution in [-0.2, 0) is 14.3 Å². The van der Waals surface area contributed by atoms with Crippen molar-refractivity contribution < 1.29 is 24.5 Å². The third-order valence-electron chi connectivity index (χ3n) is 5.19. The van der Waals surface area contributed by atoms with E-state index in [1.54, 1.807) is 6.92 Å². The number of aliphatic hydroxyl groups excluding tert-OH is 2. The Morgan fingerprint density at radius 3 is 2.91 bits per heavy atom. The van der Waals surface area contributed by atoms with Crippen molar-refractivity contribution in [3.05, 3.63) is 16.8 Å². The highest BCUT2D eigenvalue weighted by Crippen LogP contribution is 2.31. The van der Waals surface area contributed by atoms with E-state index < -0.39 is 30.2 Å². The quantitative estimate of drug-likeness (QED) is 0.158. The van der Waals surface area contributed by atoms with Crippen LogP contribution in [0.15, 0.2) is 16.3 Å². The maximum Gasteiger partial charge on any atom is 0.330 e. The number of nitrogens with two attached hydrogens (primary N) is 1. The summed E-state index contributed by atoms with van der Waals surface area (Å²) in [7, 11) is 1.89. The number of H-pyrrole nitrogens is 1. The summed E-state index contributed by atoms with van der Waals surface area (Å²) in [4.78, 5) is 30.1. The number of rotatable bonds is 10. The van der Waals surface area contributed by atoms with Crippen molar-refractivity contribution in [2.24, 2.45) is 5.16 Å². The number of oxime groups is 1. The summed E-state index contributed by atoms with van der Waals surface area (Å²) in [5.74, 6) is 0.603. The number of hydrogen-bond acceptors (Lipinski definition) is 11. The Morgan fingerprint density at radius 2 is 2.16 bits per heavy atom. The van der Waals surface area contributed by atoms with Gasteiger partial charge in [0.25, 0.3) is 0 Å². The van der Waals surface area contributed by atoms with Crippen molar-refractivity contribution in [3.63, 3.8) is 0 Å². The Balaban J connectivity index is 1.53. The van der Waals surface area contributed by atoms with Crippen molar-refractivity contribution in [1.82, 2.24) is 24.4 Å².